The number of hydrogen-bond acceptors (Lipinski definition) is 4. The highest BCUT2D eigenvalue weighted by molar-refractivity contribution is 7.92. The molecule has 0 radical (unpaired) electrons. The summed E-state index contributed by atoms with van der Waals surface area (Å²) >= 11 is 0. The molecule has 2 rings (SSSR count). The van der Waals surface area contributed by atoms with Gasteiger partial charge in [0.1, 0.15) is 0 Å². The molecule has 2 N–H and O–H groups in total. The molecule has 0 spiro atoms. The third kappa shape index (κ3) is 3.05. The van der Waals surface area contributed by atoms with Crippen molar-refractivity contribution in [2.45, 2.75) is 18.4 Å². The Balaban J connectivity index is 2.08. The molecule has 5 nitrogen and oxygen atoms in total. The highest BCUT2D eigenvalue weighted by Crippen LogP contribution is 2.24. The molecular formula is C10H18N4OS. The number of aromatic nitrogens is 2. The van der Waals surface area contributed by atoms with E-state index in [1.54, 1.807) is 12.5 Å². The van der Waals surface area contributed by atoms with Gasteiger partial charge in [0.05, 0.1) is 12.2 Å². The first-order chi connectivity index (χ1) is 7.54. The molecule has 1 aliphatic rings. The monoisotopic (exact) mass is 242 g/mol. The van der Waals surface area contributed by atoms with Crippen molar-refractivity contribution in [2.24, 2.45) is 4.36 Å². The van der Waals surface area contributed by atoms with Gasteiger partial charge >= 0.3 is 0 Å². The summed E-state index contributed by atoms with van der Waals surface area (Å²) in [6, 6.07) is 0.149. The molecule has 1 aliphatic heterocycles. The van der Waals surface area contributed by atoms with Crippen LogP contribution in [0.1, 0.15) is 17.9 Å². The molecule has 2 atom stereocenters. The molecule has 1 saturated heterocycles. The molecular weight excluding hydrogens is 224 g/mol. The van der Waals surface area contributed by atoms with Gasteiger partial charge in [0.25, 0.3) is 0 Å². The zero-order valence-corrected chi connectivity index (χ0v) is 10.5. The van der Waals surface area contributed by atoms with Crippen molar-refractivity contribution < 1.29 is 4.21 Å². The van der Waals surface area contributed by atoms with Crippen LogP contribution in [0.25, 0.3) is 0 Å². The maximum atomic E-state index is 11.6. The first kappa shape index (κ1) is 11.6. The summed E-state index contributed by atoms with van der Waals surface area (Å²) in [5, 5.41) is 10.1. The van der Waals surface area contributed by atoms with Gasteiger partial charge in [0.2, 0.25) is 0 Å². The first-order valence-corrected chi connectivity index (χ1v) is 7.73. The molecule has 1 fully saturated rings. The molecule has 0 saturated carbocycles. The third-order valence-electron chi connectivity index (χ3n) is 2.72. The van der Waals surface area contributed by atoms with Crippen LogP contribution >= 0.6 is 0 Å². The SMILES string of the molecule is CS(C)(=O)=NC1CNCC(c2cn[nH]c2)C1. The molecule has 2 unspecified atom stereocenters. The van der Waals surface area contributed by atoms with Gasteiger partial charge in [-0.2, -0.15) is 5.10 Å². The lowest BCUT2D eigenvalue weighted by atomic mass is 9.92. The molecule has 6 heteroatoms. The number of aromatic amines is 1. The Kier molecular flexibility index (Phi) is 3.30. The van der Waals surface area contributed by atoms with Crippen LogP contribution in [0.4, 0.5) is 0 Å². The quantitative estimate of drug-likeness (QED) is 0.797. The van der Waals surface area contributed by atoms with Gasteiger partial charge in [-0.15, -0.1) is 0 Å². The summed E-state index contributed by atoms with van der Waals surface area (Å²) in [5.41, 5.74) is 1.20. The van der Waals surface area contributed by atoms with Crippen molar-refractivity contribution in [3.05, 3.63) is 18.0 Å². The molecule has 1 aromatic rings. The van der Waals surface area contributed by atoms with Crippen LogP contribution in [0.5, 0.6) is 0 Å². The Morgan fingerprint density at radius 1 is 1.50 bits per heavy atom. The van der Waals surface area contributed by atoms with E-state index in [-0.39, 0.29) is 6.04 Å². The van der Waals surface area contributed by atoms with E-state index in [2.05, 4.69) is 19.9 Å². The highest BCUT2D eigenvalue weighted by Gasteiger charge is 2.23. The Morgan fingerprint density at radius 3 is 2.94 bits per heavy atom. The number of rotatable bonds is 2. The summed E-state index contributed by atoms with van der Waals surface area (Å²) in [7, 11) is -2.00. The standard InChI is InChI=1S/C10H18N4OS/c1-16(2,15)14-10-3-8(4-11-7-10)9-5-12-13-6-9/h5-6,8,10-11H,3-4,7H2,1-2H3,(H,12,13). The summed E-state index contributed by atoms with van der Waals surface area (Å²) in [6.45, 7) is 1.77. The molecule has 1 aromatic heterocycles. The summed E-state index contributed by atoms with van der Waals surface area (Å²) in [6.07, 6.45) is 8.10. The van der Waals surface area contributed by atoms with E-state index in [1.165, 1.54) is 5.56 Å². The van der Waals surface area contributed by atoms with Gasteiger partial charge < -0.3 is 5.32 Å². The second kappa shape index (κ2) is 4.55. The zero-order valence-electron chi connectivity index (χ0n) is 9.64. The third-order valence-corrected chi connectivity index (χ3v) is 3.53. The van der Waals surface area contributed by atoms with Crippen molar-refractivity contribution in [1.29, 1.82) is 0 Å². The Bertz CT molecular complexity index is 439. The number of nitrogens with zero attached hydrogens (tertiary/aromatic N) is 2. The van der Waals surface area contributed by atoms with E-state index in [0.717, 1.165) is 19.5 Å². The van der Waals surface area contributed by atoms with E-state index in [1.807, 2.05) is 12.4 Å². The lowest BCUT2D eigenvalue weighted by Gasteiger charge is -2.27. The van der Waals surface area contributed by atoms with Crippen molar-refractivity contribution in [2.75, 3.05) is 25.6 Å². The van der Waals surface area contributed by atoms with Crippen molar-refractivity contribution in [1.82, 2.24) is 15.5 Å². The maximum absolute atomic E-state index is 11.6. The Morgan fingerprint density at radius 2 is 2.31 bits per heavy atom. The minimum absolute atomic E-state index is 0.149. The van der Waals surface area contributed by atoms with E-state index < -0.39 is 9.73 Å². The van der Waals surface area contributed by atoms with Crippen LogP contribution in [0.2, 0.25) is 0 Å². The average Bonchev–Trinajstić information content (AvgIpc) is 2.68. The largest absolute Gasteiger partial charge is 0.314 e. The lowest BCUT2D eigenvalue weighted by molar-refractivity contribution is 0.415. The fourth-order valence-electron chi connectivity index (χ4n) is 2.10. The van der Waals surface area contributed by atoms with Gasteiger partial charge in [0.15, 0.2) is 0 Å². The average molecular weight is 242 g/mol. The summed E-state index contributed by atoms with van der Waals surface area (Å²) in [4.78, 5) is 0. The fraction of sp³-hybridized carbons (Fsp3) is 0.700. The minimum Gasteiger partial charge on any atom is -0.314 e. The molecule has 16 heavy (non-hydrogen) atoms. The summed E-state index contributed by atoms with van der Waals surface area (Å²) in [5.74, 6) is 0.419. The molecule has 0 aromatic carbocycles. The second-order valence-electron chi connectivity index (χ2n) is 4.56. The lowest BCUT2D eigenvalue weighted by Crippen LogP contribution is -2.37. The maximum Gasteiger partial charge on any atom is 0.0724 e. The van der Waals surface area contributed by atoms with Crippen molar-refractivity contribution >= 4 is 9.73 Å². The number of piperidine rings is 1. The Hall–Kier alpha value is -0.880. The second-order valence-corrected chi connectivity index (χ2v) is 7.14. The van der Waals surface area contributed by atoms with E-state index in [0.29, 0.717) is 5.92 Å². The van der Waals surface area contributed by atoms with Crippen molar-refractivity contribution in [3.63, 3.8) is 0 Å². The molecule has 2 heterocycles. The van der Waals surface area contributed by atoms with Crippen LogP contribution < -0.4 is 5.32 Å². The number of hydrogen-bond donors (Lipinski definition) is 2. The predicted molar refractivity (Wildman–Crippen MR) is 65.0 cm³/mol. The molecule has 90 valence electrons. The van der Waals surface area contributed by atoms with Crippen LogP contribution in [-0.4, -0.2) is 46.0 Å². The van der Waals surface area contributed by atoms with Gasteiger partial charge in [-0.3, -0.25) is 9.31 Å². The number of nitrogens with one attached hydrogen (secondary N) is 2. The predicted octanol–water partition coefficient (Wildman–Crippen LogP) is 0.583. The van der Waals surface area contributed by atoms with Crippen LogP contribution in [-0.2, 0) is 9.73 Å². The molecule has 0 bridgehead atoms. The topological polar surface area (TPSA) is 70.1 Å². The van der Waals surface area contributed by atoms with E-state index in [4.69, 9.17) is 0 Å². The van der Waals surface area contributed by atoms with Gasteiger partial charge in [-0.25, -0.2) is 4.36 Å². The van der Waals surface area contributed by atoms with Gasteiger partial charge in [0, 0.05) is 47.4 Å². The normalized spacial score (nSPS) is 26.6. The summed E-state index contributed by atoms with van der Waals surface area (Å²) < 4.78 is 16.0. The minimum atomic E-state index is -2.00. The van der Waals surface area contributed by atoms with Gasteiger partial charge in [-0.05, 0) is 12.0 Å². The van der Waals surface area contributed by atoms with Crippen LogP contribution in [0.3, 0.4) is 0 Å². The fourth-order valence-corrected chi connectivity index (χ4v) is 2.98. The number of H-pyrrole nitrogens is 1. The first-order valence-electron chi connectivity index (χ1n) is 5.40. The van der Waals surface area contributed by atoms with Crippen LogP contribution in [0, 0.1) is 0 Å². The smallest absolute Gasteiger partial charge is 0.0724 e. The van der Waals surface area contributed by atoms with Gasteiger partial charge in [-0.1, -0.05) is 0 Å². The Labute approximate surface area is 96.2 Å². The van der Waals surface area contributed by atoms with Crippen LogP contribution in [0.15, 0.2) is 16.8 Å². The highest BCUT2D eigenvalue weighted by atomic mass is 32.2. The van der Waals surface area contributed by atoms with Crippen molar-refractivity contribution in [3.8, 4) is 0 Å². The molecule has 0 amide bonds. The van der Waals surface area contributed by atoms with E-state index >= 15 is 0 Å². The zero-order chi connectivity index (χ0) is 11.6. The van der Waals surface area contributed by atoms with E-state index in [9.17, 15) is 4.21 Å². The molecule has 0 aliphatic carbocycles.